The molecule has 0 aliphatic heterocycles. The van der Waals surface area contributed by atoms with Crippen LogP contribution in [0.3, 0.4) is 0 Å². The van der Waals surface area contributed by atoms with Gasteiger partial charge >= 0.3 is 0 Å². The summed E-state index contributed by atoms with van der Waals surface area (Å²) in [6.45, 7) is 1.000. The van der Waals surface area contributed by atoms with Gasteiger partial charge in [0.15, 0.2) is 0 Å². The summed E-state index contributed by atoms with van der Waals surface area (Å²) >= 11 is 7.38. The van der Waals surface area contributed by atoms with Gasteiger partial charge in [-0.15, -0.1) is 22.9 Å². The Bertz CT molecular complexity index is 394. The lowest BCUT2D eigenvalue weighted by molar-refractivity contribution is 0.639. The average Bonchev–Trinajstić information content (AvgIpc) is 2.87. The minimum atomic E-state index is 0.739. The summed E-state index contributed by atoms with van der Waals surface area (Å²) in [4.78, 5) is 5.61. The second-order valence-corrected chi connectivity index (χ2v) is 4.64. The van der Waals surface area contributed by atoms with Gasteiger partial charge in [-0.25, -0.2) is 4.98 Å². The minimum absolute atomic E-state index is 0.739. The van der Waals surface area contributed by atoms with Crippen molar-refractivity contribution in [1.29, 1.82) is 0 Å². The highest BCUT2D eigenvalue weighted by molar-refractivity contribution is 7.13. The molecule has 0 aromatic carbocycles. The summed E-state index contributed by atoms with van der Waals surface area (Å²) < 4.78 is 2.19. The van der Waals surface area contributed by atoms with Crippen LogP contribution < -0.4 is 0 Å². The zero-order valence-corrected chi connectivity index (χ0v) is 9.97. The largest absolute Gasteiger partial charge is 0.330 e. The fourth-order valence-corrected chi connectivity index (χ4v) is 2.42. The Hall–Kier alpha value is -0.800. The highest BCUT2D eigenvalue weighted by Gasteiger charge is 2.05. The Morgan fingerprint density at radius 1 is 1.40 bits per heavy atom. The molecule has 0 aliphatic carbocycles. The highest BCUT2D eigenvalue weighted by Crippen LogP contribution is 2.23. The van der Waals surface area contributed by atoms with Crippen LogP contribution in [0.1, 0.15) is 12.8 Å². The van der Waals surface area contributed by atoms with E-state index in [4.69, 9.17) is 11.6 Å². The zero-order chi connectivity index (χ0) is 10.5. The molecule has 2 rings (SSSR count). The van der Waals surface area contributed by atoms with Gasteiger partial charge < -0.3 is 4.57 Å². The number of aromatic nitrogens is 2. The van der Waals surface area contributed by atoms with Crippen molar-refractivity contribution in [3.63, 3.8) is 0 Å². The van der Waals surface area contributed by atoms with E-state index in [9.17, 15) is 0 Å². The summed E-state index contributed by atoms with van der Waals surface area (Å²) in [5.74, 6) is 1.81. The van der Waals surface area contributed by atoms with Crippen molar-refractivity contribution >= 4 is 22.9 Å². The lowest BCUT2D eigenvalue weighted by Crippen LogP contribution is -1.98. The summed E-state index contributed by atoms with van der Waals surface area (Å²) in [5.41, 5.74) is 0. The van der Waals surface area contributed by atoms with Crippen LogP contribution in [0.5, 0.6) is 0 Å². The maximum atomic E-state index is 5.66. The van der Waals surface area contributed by atoms with E-state index in [-0.39, 0.29) is 0 Å². The van der Waals surface area contributed by atoms with E-state index < -0.39 is 0 Å². The molecular formula is C11H13ClN2S. The van der Waals surface area contributed by atoms with Crippen LogP contribution in [0.25, 0.3) is 10.7 Å². The lowest BCUT2D eigenvalue weighted by Gasteiger charge is -2.05. The van der Waals surface area contributed by atoms with E-state index in [1.165, 1.54) is 4.88 Å². The molecular weight excluding hydrogens is 228 g/mol. The van der Waals surface area contributed by atoms with Crippen LogP contribution in [0.2, 0.25) is 0 Å². The molecule has 0 saturated heterocycles. The first-order chi connectivity index (χ1) is 7.42. The second-order valence-electron chi connectivity index (χ2n) is 3.32. The van der Waals surface area contributed by atoms with Crippen LogP contribution in [-0.2, 0) is 6.54 Å². The Labute approximate surface area is 98.5 Å². The number of rotatable bonds is 5. The number of alkyl halides is 1. The van der Waals surface area contributed by atoms with Crippen molar-refractivity contribution in [3.8, 4) is 10.7 Å². The molecule has 15 heavy (non-hydrogen) atoms. The van der Waals surface area contributed by atoms with Gasteiger partial charge in [0.25, 0.3) is 0 Å². The van der Waals surface area contributed by atoms with E-state index in [2.05, 4.69) is 27.1 Å². The average molecular weight is 241 g/mol. The third-order valence-electron chi connectivity index (χ3n) is 2.24. The molecule has 80 valence electrons. The van der Waals surface area contributed by atoms with Gasteiger partial charge in [0.1, 0.15) is 5.82 Å². The van der Waals surface area contributed by atoms with E-state index in [1.54, 1.807) is 11.3 Å². The molecule has 2 nitrogen and oxygen atoms in total. The molecule has 0 atom stereocenters. The summed E-state index contributed by atoms with van der Waals surface area (Å²) in [5, 5.41) is 2.08. The number of thiophene rings is 1. The van der Waals surface area contributed by atoms with Crippen LogP contribution in [0.15, 0.2) is 29.9 Å². The molecule has 2 aromatic heterocycles. The number of hydrogen-bond acceptors (Lipinski definition) is 2. The zero-order valence-electron chi connectivity index (χ0n) is 8.40. The Kier molecular flexibility index (Phi) is 3.80. The van der Waals surface area contributed by atoms with Crippen molar-refractivity contribution in [1.82, 2.24) is 9.55 Å². The molecule has 0 spiro atoms. The van der Waals surface area contributed by atoms with Gasteiger partial charge in [0, 0.05) is 24.8 Å². The monoisotopic (exact) mass is 240 g/mol. The van der Waals surface area contributed by atoms with E-state index in [0.717, 1.165) is 31.1 Å². The predicted octanol–water partition coefficient (Wildman–Crippen LogP) is 3.63. The Morgan fingerprint density at radius 3 is 3.07 bits per heavy atom. The molecule has 4 heteroatoms. The van der Waals surface area contributed by atoms with Gasteiger partial charge in [-0.3, -0.25) is 0 Å². The molecule has 0 amide bonds. The smallest absolute Gasteiger partial charge is 0.149 e. The third-order valence-corrected chi connectivity index (χ3v) is 3.37. The van der Waals surface area contributed by atoms with Gasteiger partial charge in [0.2, 0.25) is 0 Å². The molecule has 2 aromatic rings. The number of imidazole rings is 1. The number of aryl methyl sites for hydroxylation is 1. The van der Waals surface area contributed by atoms with Crippen LogP contribution in [-0.4, -0.2) is 15.4 Å². The van der Waals surface area contributed by atoms with Crippen molar-refractivity contribution in [2.24, 2.45) is 0 Å². The van der Waals surface area contributed by atoms with Crippen LogP contribution >= 0.6 is 22.9 Å². The van der Waals surface area contributed by atoms with Gasteiger partial charge in [-0.2, -0.15) is 0 Å². The summed E-state index contributed by atoms with van der Waals surface area (Å²) in [6.07, 6.45) is 6.06. The summed E-state index contributed by atoms with van der Waals surface area (Å²) in [6, 6.07) is 4.16. The summed E-state index contributed by atoms with van der Waals surface area (Å²) in [7, 11) is 0. The molecule has 2 heterocycles. The van der Waals surface area contributed by atoms with E-state index in [0.29, 0.717) is 0 Å². The minimum Gasteiger partial charge on any atom is -0.330 e. The van der Waals surface area contributed by atoms with Gasteiger partial charge in [-0.05, 0) is 24.3 Å². The molecule has 0 saturated carbocycles. The second kappa shape index (κ2) is 5.33. The van der Waals surface area contributed by atoms with Gasteiger partial charge in [-0.1, -0.05) is 6.07 Å². The maximum Gasteiger partial charge on any atom is 0.149 e. The first kappa shape index (κ1) is 10.7. The first-order valence-corrected chi connectivity index (χ1v) is 6.44. The van der Waals surface area contributed by atoms with Crippen molar-refractivity contribution < 1.29 is 0 Å². The number of unbranched alkanes of at least 4 members (excludes halogenated alkanes) is 1. The van der Waals surface area contributed by atoms with Crippen molar-refractivity contribution in [2.45, 2.75) is 19.4 Å². The fourth-order valence-electron chi connectivity index (χ4n) is 1.50. The standard InChI is InChI=1S/C11H13ClN2S/c12-5-1-2-7-14-8-6-13-11(14)10-4-3-9-15-10/h3-4,6,8-9H,1-2,5,7H2. The number of hydrogen-bond donors (Lipinski definition) is 0. The fraction of sp³-hybridized carbons (Fsp3) is 0.364. The molecule has 0 aliphatic rings. The van der Waals surface area contributed by atoms with E-state index >= 15 is 0 Å². The first-order valence-electron chi connectivity index (χ1n) is 5.03. The van der Waals surface area contributed by atoms with Crippen LogP contribution in [0.4, 0.5) is 0 Å². The SMILES string of the molecule is ClCCCCn1ccnc1-c1cccs1. The quantitative estimate of drug-likeness (QED) is 0.577. The third kappa shape index (κ3) is 2.61. The number of halogens is 1. The molecule has 0 fully saturated rings. The van der Waals surface area contributed by atoms with Crippen molar-refractivity contribution in [2.75, 3.05) is 5.88 Å². The normalized spacial score (nSPS) is 10.7. The number of nitrogens with zero attached hydrogens (tertiary/aromatic N) is 2. The molecule has 0 N–H and O–H groups in total. The van der Waals surface area contributed by atoms with Gasteiger partial charge in [0.05, 0.1) is 4.88 Å². The molecule has 0 bridgehead atoms. The topological polar surface area (TPSA) is 17.8 Å². The molecule has 0 radical (unpaired) electrons. The predicted molar refractivity (Wildman–Crippen MR) is 65.5 cm³/mol. The van der Waals surface area contributed by atoms with Crippen LogP contribution in [0, 0.1) is 0 Å². The van der Waals surface area contributed by atoms with Crippen molar-refractivity contribution in [3.05, 3.63) is 29.9 Å². The molecule has 0 unspecified atom stereocenters. The maximum absolute atomic E-state index is 5.66. The lowest BCUT2D eigenvalue weighted by atomic mass is 10.3. The Morgan fingerprint density at radius 2 is 2.33 bits per heavy atom. The highest BCUT2D eigenvalue weighted by atomic mass is 35.5. The Balaban J connectivity index is 2.09. The van der Waals surface area contributed by atoms with E-state index in [1.807, 2.05) is 12.4 Å².